The van der Waals surface area contributed by atoms with Crippen LogP contribution in [0, 0.1) is 0 Å². The standard InChI is InChI=1S/C8H16O3S2/c1-7(2-4-9)12-8-3-5-13(10,11)6-8/h7-9H,2-6H2,1H3. The monoisotopic (exact) mass is 224 g/mol. The zero-order valence-electron chi connectivity index (χ0n) is 7.77. The van der Waals surface area contributed by atoms with E-state index in [1.165, 1.54) is 0 Å². The van der Waals surface area contributed by atoms with Crippen molar-refractivity contribution in [1.29, 1.82) is 0 Å². The van der Waals surface area contributed by atoms with Gasteiger partial charge in [0.05, 0.1) is 11.5 Å². The van der Waals surface area contributed by atoms with E-state index in [9.17, 15) is 8.42 Å². The fourth-order valence-corrected chi connectivity index (χ4v) is 5.23. The SMILES string of the molecule is CC(CCO)SC1CCS(=O)(=O)C1. The lowest BCUT2D eigenvalue weighted by atomic mass is 10.3. The second kappa shape index (κ2) is 4.66. The first kappa shape index (κ1) is 11.3. The molecular formula is C8H16O3S2. The summed E-state index contributed by atoms with van der Waals surface area (Å²) in [5, 5.41) is 9.30. The van der Waals surface area contributed by atoms with E-state index in [-0.39, 0.29) is 11.9 Å². The summed E-state index contributed by atoms with van der Waals surface area (Å²) in [7, 11) is -2.74. The Bertz CT molecular complexity index is 248. The van der Waals surface area contributed by atoms with Crippen molar-refractivity contribution in [1.82, 2.24) is 0 Å². The number of thioether (sulfide) groups is 1. The zero-order chi connectivity index (χ0) is 9.90. The Kier molecular flexibility index (Phi) is 4.06. The van der Waals surface area contributed by atoms with Crippen LogP contribution in [0.3, 0.4) is 0 Å². The Morgan fingerprint density at radius 1 is 1.62 bits per heavy atom. The quantitative estimate of drug-likeness (QED) is 0.763. The molecule has 1 aliphatic rings. The molecule has 1 N–H and O–H groups in total. The largest absolute Gasteiger partial charge is 0.396 e. The van der Waals surface area contributed by atoms with E-state index in [1.54, 1.807) is 11.8 Å². The number of aliphatic hydroxyl groups excluding tert-OH is 1. The molecule has 1 fully saturated rings. The van der Waals surface area contributed by atoms with Gasteiger partial charge in [0.25, 0.3) is 0 Å². The highest BCUT2D eigenvalue weighted by molar-refractivity contribution is 8.02. The third-order valence-corrected chi connectivity index (χ3v) is 5.62. The molecule has 0 bridgehead atoms. The highest BCUT2D eigenvalue weighted by atomic mass is 32.2. The summed E-state index contributed by atoms with van der Waals surface area (Å²) in [6, 6.07) is 0. The summed E-state index contributed by atoms with van der Waals surface area (Å²) in [6.07, 6.45) is 1.53. The normalized spacial score (nSPS) is 28.9. The predicted octanol–water partition coefficient (Wildman–Crippen LogP) is 0.678. The molecule has 0 aromatic carbocycles. The molecule has 5 heteroatoms. The van der Waals surface area contributed by atoms with E-state index in [4.69, 9.17) is 5.11 Å². The van der Waals surface area contributed by atoms with E-state index in [1.807, 2.05) is 6.92 Å². The maximum absolute atomic E-state index is 11.1. The minimum Gasteiger partial charge on any atom is -0.396 e. The minimum absolute atomic E-state index is 0.188. The van der Waals surface area contributed by atoms with Gasteiger partial charge in [-0.05, 0) is 12.8 Å². The first-order valence-electron chi connectivity index (χ1n) is 4.50. The Morgan fingerprint density at radius 2 is 2.31 bits per heavy atom. The van der Waals surface area contributed by atoms with Crippen LogP contribution in [0.25, 0.3) is 0 Å². The maximum atomic E-state index is 11.1. The van der Waals surface area contributed by atoms with Crippen molar-refractivity contribution in [2.45, 2.75) is 30.3 Å². The van der Waals surface area contributed by atoms with Crippen molar-refractivity contribution in [2.24, 2.45) is 0 Å². The van der Waals surface area contributed by atoms with Gasteiger partial charge in [-0.15, -0.1) is 0 Å². The third-order valence-electron chi connectivity index (χ3n) is 2.15. The lowest BCUT2D eigenvalue weighted by Gasteiger charge is -2.13. The molecule has 0 aromatic rings. The molecule has 1 saturated heterocycles. The third kappa shape index (κ3) is 3.87. The van der Waals surface area contributed by atoms with Crippen molar-refractivity contribution in [3.63, 3.8) is 0 Å². The smallest absolute Gasteiger partial charge is 0.151 e. The van der Waals surface area contributed by atoms with Gasteiger partial charge in [-0.2, -0.15) is 11.8 Å². The average molecular weight is 224 g/mol. The molecule has 0 saturated carbocycles. The first-order chi connectivity index (χ1) is 6.03. The average Bonchev–Trinajstić information content (AvgIpc) is 2.30. The summed E-state index contributed by atoms with van der Waals surface area (Å²) >= 11 is 1.69. The van der Waals surface area contributed by atoms with E-state index in [0.717, 1.165) is 12.8 Å². The van der Waals surface area contributed by atoms with Crippen LogP contribution in [0.2, 0.25) is 0 Å². The van der Waals surface area contributed by atoms with Gasteiger partial charge in [0, 0.05) is 17.1 Å². The maximum Gasteiger partial charge on any atom is 0.151 e. The molecule has 0 amide bonds. The Labute approximate surface area is 83.8 Å². The van der Waals surface area contributed by atoms with Crippen LogP contribution in [0.1, 0.15) is 19.8 Å². The van der Waals surface area contributed by atoms with Gasteiger partial charge in [0.2, 0.25) is 0 Å². The van der Waals surface area contributed by atoms with Crippen LogP contribution in [0.4, 0.5) is 0 Å². The Hall–Kier alpha value is 0.260. The van der Waals surface area contributed by atoms with Gasteiger partial charge in [0.15, 0.2) is 9.84 Å². The van der Waals surface area contributed by atoms with Crippen LogP contribution in [0.5, 0.6) is 0 Å². The van der Waals surface area contributed by atoms with Gasteiger partial charge in [-0.1, -0.05) is 6.92 Å². The minimum atomic E-state index is -2.74. The Morgan fingerprint density at radius 3 is 2.77 bits per heavy atom. The lowest BCUT2D eigenvalue weighted by molar-refractivity contribution is 0.289. The molecule has 1 rings (SSSR count). The molecule has 78 valence electrons. The van der Waals surface area contributed by atoms with Crippen LogP contribution >= 0.6 is 11.8 Å². The molecule has 13 heavy (non-hydrogen) atoms. The summed E-state index contributed by atoms with van der Waals surface area (Å²) < 4.78 is 22.2. The molecule has 3 nitrogen and oxygen atoms in total. The molecular weight excluding hydrogens is 208 g/mol. The molecule has 0 aromatic heterocycles. The number of hydrogen-bond donors (Lipinski definition) is 1. The summed E-state index contributed by atoms with van der Waals surface area (Å²) in [6.45, 7) is 2.22. The van der Waals surface area contributed by atoms with E-state index < -0.39 is 9.84 Å². The fourth-order valence-electron chi connectivity index (χ4n) is 1.45. The van der Waals surface area contributed by atoms with Crippen LogP contribution in [0.15, 0.2) is 0 Å². The predicted molar refractivity (Wildman–Crippen MR) is 55.8 cm³/mol. The first-order valence-corrected chi connectivity index (χ1v) is 7.26. The molecule has 1 aliphatic heterocycles. The highest BCUT2D eigenvalue weighted by Crippen LogP contribution is 2.28. The van der Waals surface area contributed by atoms with Crippen molar-refractivity contribution in [3.8, 4) is 0 Å². The zero-order valence-corrected chi connectivity index (χ0v) is 9.40. The number of sulfone groups is 1. The summed E-state index contributed by atoms with van der Waals surface area (Å²) in [5.74, 6) is 0.671. The van der Waals surface area contributed by atoms with Crippen LogP contribution in [-0.2, 0) is 9.84 Å². The van der Waals surface area contributed by atoms with Crippen LogP contribution in [-0.4, -0.2) is 42.1 Å². The lowest BCUT2D eigenvalue weighted by Crippen LogP contribution is -2.11. The van der Waals surface area contributed by atoms with Gasteiger partial charge in [-0.3, -0.25) is 0 Å². The van der Waals surface area contributed by atoms with E-state index >= 15 is 0 Å². The van der Waals surface area contributed by atoms with Gasteiger partial charge in [-0.25, -0.2) is 8.42 Å². The topological polar surface area (TPSA) is 54.4 Å². The molecule has 0 aliphatic carbocycles. The molecule has 2 atom stereocenters. The van der Waals surface area contributed by atoms with Gasteiger partial charge < -0.3 is 5.11 Å². The highest BCUT2D eigenvalue weighted by Gasteiger charge is 2.29. The van der Waals surface area contributed by atoms with Crippen LogP contribution < -0.4 is 0 Å². The number of aliphatic hydroxyl groups is 1. The Balaban J connectivity index is 2.32. The number of hydrogen-bond acceptors (Lipinski definition) is 4. The number of rotatable bonds is 4. The molecule has 2 unspecified atom stereocenters. The van der Waals surface area contributed by atoms with Gasteiger partial charge in [0.1, 0.15) is 0 Å². The van der Waals surface area contributed by atoms with Crippen molar-refractivity contribution in [3.05, 3.63) is 0 Å². The van der Waals surface area contributed by atoms with E-state index in [2.05, 4.69) is 0 Å². The van der Waals surface area contributed by atoms with E-state index in [0.29, 0.717) is 16.8 Å². The van der Waals surface area contributed by atoms with Crippen molar-refractivity contribution < 1.29 is 13.5 Å². The second-order valence-corrected chi connectivity index (χ2v) is 7.46. The molecule has 0 radical (unpaired) electrons. The molecule has 1 heterocycles. The summed E-state index contributed by atoms with van der Waals surface area (Å²) in [4.78, 5) is 0. The fraction of sp³-hybridized carbons (Fsp3) is 1.00. The second-order valence-electron chi connectivity index (χ2n) is 3.48. The van der Waals surface area contributed by atoms with Gasteiger partial charge >= 0.3 is 0 Å². The summed E-state index contributed by atoms with van der Waals surface area (Å²) in [5.41, 5.74) is 0. The molecule has 0 spiro atoms. The van der Waals surface area contributed by atoms with Crippen molar-refractivity contribution >= 4 is 21.6 Å². The van der Waals surface area contributed by atoms with Crippen molar-refractivity contribution in [2.75, 3.05) is 18.1 Å².